The van der Waals surface area contributed by atoms with Gasteiger partial charge in [0, 0.05) is 76.4 Å². The molecule has 3 N–H and O–H groups in total. The molecular formula is C65H47ClF6N6O8SU. The largest absolute Gasteiger partial charge is 2.00 e. The van der Waals surface area contributed by atoms with Crippen LogP contribution in [-0.2, 0) is 19.4 Å². The second-order valence-corrected chi connectivity index (χ2v) is 21.0. The minimum Gasteiger partial charge on any atom is -0.854 e. The second-order valence-electron chi connectivity index (χ2n) is 19.6. The minimum atomic E-state index is -4.92. The van der Waals surface area contributed by atoms with Crippen LogP contribution in [0.1, 0.15) is 62.5 Å². The summed E-state index contributed by atoms with van der Waals surface area (Å²) in [5.74, 6) is 0.400. The predicted octanol–water partition coefficient (Wildman–Crippen LogP) is 15.0. The Hall–Kier alpha value is -8.46. The number of anilines is 2. The summed E-state index contributed by atoms with van der Waals surface area (Å²) >= 11 is 8.15. The third-order valence-electron chi connectivity index (χ3n) is 13.9. The van der Waals surface area contributed by atoms with Crippen LogP contribution in [0.25, 0.3) is 27.9 Å². The molecule has 0 radical (unpaired) electrons. The number of thiophene rings is 1. The van der Waals surface area contributed by atoms with Crippen LogP contribution in [-0.4, -0.2) is 55.8 Å². The van der Waals surface area contributed by atoms with Gasteiger partial charge in [-0.2, -0.15) is 24.5 Å². The number of ether oxygens (including phenoxy) is 3. The van der Waals surface area contributed by atoms with Crippen LogP contribution in [0.4, 0.5) is 37.7 Å². The maximum atomic E-state index is 14.2. The Kier molecular flexibility index (Phi) is 19.4. The molecule has 5 aromatic carbocycles. The fraction of sp³-hybridized carbons (Fsp3) is 0.138. The van der Waals surface area contributed by atoms with Gasteiger partial charge < -0.3 is 53.8 Å². The number of benzene rings is 5. The molecule has 2 aliphatic heterocycles. The number of hydrogen-bond donors (Lipinski definition) is 3. The van der Waals surface area contributed by atoms with E-state index in [1.807, 2.05) is 6.07 Å². The summed E-state index contributed by atoms with van der Waals surface area (Å²) in [4.78, 5) is 8.13. The van der Waals surface area contributed by atoms with E-state index in [1.165, 1.54) is 41.8 Å². The molecule has 444 valence electrons. The number of alkyl halides is 6. The van der Waals surface area contributed by atoms with Crippen molar-refractivity contribution in [2.24, 2.45) is 0 Å². The van der Waals surface area contributed by atoms with Gasteiger partial charge in [0.15, 0.2) is 11.5 Å². The number of halogens is 7. The molecule has 0 fully saturated rings. The van der Waals surface area contributed by atoms with E-state index in [0.717, 1.165) is 24.3 Å². The van der Waals surface area contributed by atoms with Crippen molar-refractivity contribution in [1.29, 1.82) is 0 Å². The van der Waals surface area contributed by atoms with Crippen molar-refractivity contribution in [2.45, 2.75) is 44.1 Å². The third kappa shape index (κ3) is 14.4. The van der Waals surface area contributed by atoms with Crippen LogP contribution >= 0.6 is 22.9 Å². The summed E-state index contributed by atoms with van der Waals surface area (Å²) < 4.78 is 110. The summed E-state index contributed by atoms with van der Waals surface area (Å²) in [7, 11) is 0. The standard InChI is InChI=1S/C65H47ClF6N6O8S.U/c66-49-26-21-39(31-48(58(73)55-20-10-30-87-55)61(79)42-12-7-27-74-34-42)32-51(49)78-29-9-14-44(36-78)63(81)57-54(86-76-60(57)41-11-6-15-45(33-41)64(67,68)69)38-83-52-19-5-4-18-50(52)77-28-8-13-43(35-77)62(80)56-53(37-82-46-16-2-1-3-17-46)85-75-59(56)40-22-24-47(25-23-40)84-65(70,71)72;/h1-27,30,32-36,61-63,79-81H,28-29,37-38H2;/q-2;+2. The quantitative estimate of drug-likeness (QED) is 0.0373. The van der Waals surface area contributed by atoms with Gasteiger partial charge in [-0.25, -0.2) is 5.71 Å². The number of rotatable bonds is 20. The van der Waals surface area contributed by atoms with Crippen LogP contribution in [0, 0.1) is 37.2 Å². The average molecular weight is 1460 g/mol. The van der Waals surface area contributed by atoms with Crippen molar-refractivity contribution in [3.05, 3.63) is 278 Å². The maximum absolute atomic E-state index is 14.2. The Morgan fingerprint density at radius 1 is 0.682 bits per heavy atom. The Balaban J connectivity index is 0.00000855. The molecule has 2 aliphatic rings. The van der Waals surface area contributed by atoms with E-state index in [-0.39, 0.29) is 113 Å². The number of aliphatic hydroxyl groups excluding tert-OH is 3. The van der Waals surface area contributed by atoms with Crippen molar-refractivity contribution >= 4 is 40.0 Å². The van der Waals surface area contributed by atoms with Gasteiger partial charge in [0.1, 0.15) is 54.1 Å². The van der Waals surface area contributed by atoms with Gasteiger partial charge in [-0.15, -0.1) is 42.5 Å². The molecule has 3 unspecified atom stereocenters. The summed E-state index contributed by atoms with van der Waals surface area (Å²) in [6.07, 6.45) is 2.37. The molecular weight excluding hydrogens is 1410 g/mol. The number of nitrogens with zero attached hydrogens (tertiary/aromatic N) is 6. The number of aromatic nitrogens is 3. The van der Waals surface area contributed by atoms with Crippen LogP contribution in [0.2, 0.25) is 5.02 Å². The fourth-order valence-corrected chi connectivity index (χ4v) is 10.7. The van der Waals surface area contributed by atoms with Crippen LogP contribution in [0.3, 0.4) is 0 Å². The van der Waals surface area contributed by atoms with Gasteiger partial charge in [-0.1, -0.05) is 113 Å². The normalized spacial score (nSPS) is 14.6. The number of para-hydroxylation sites is 3. The van der Waals surface area contributed by atoms with Crippen molar-refractivity contribution in [1.82, 2.24) is 15.3 Å². The molecule has 14 nitrogen and oxygen atoms in total. The monoisotopic (exact) mass is 1460 g/mol. The van der Waals surface area contributed by atoms with Crippen molar-refractivity contribution in [2.75, 3.05) is 22.9 Å². The topological polar surface area (TPSA) is 182 Å². The zero-order valence-corrected chi connectivity index (χ0v) is 51.5. The first-order valence-electron chi connectivity index (χ1n) is 26.6. The Bertz CT molecular complexity index is 4080. The molecule has 88 heavy (non-hydrogen) atoms. The van der Waals surface area contributed by atoms with E-state index in [1.54, 1.807) is 149 Å². The number of hydrogen-bond acceptors (Lipinski definition) is 14. The first-order chi connectivity index (χ1) is 42.0. The van der Waals surface area contributed by atoms with E-state index in [9.17, 15) is 47.1 Å². The molecule has 3 atom stereocenters. The van der Waals surface area contributed by atoms with Crippen molar-refractivity contribution in [3.8, 4) is 39.8 Å². The van der Waals surface area contributed by atoms with Gasteiger partial charge in [0.25, 0.3) is 0 Å². The maximum Gasteiger partial charge on any atom is 2.00 e. The van der Waals surface area contributed by atoms with Crippen LogP contribution in [0.5, 0.6) is 17.2 Å². The molecule has 0 amide bonds. The Labute approximate surface area is 532 Å². The molecule has 0 saturated carbocycles. The van der Waals surface area contributed by atoms with Gasteiger partial charge in [-0.3, -0.25) is 4.98 Å². The number of pyridine rings is 1. The molecule has 0 aliphatic carbocycles. The second kappa shape index (κ2) is 27.3. The first kappa shape index (κ1) is 62.6. The zero-order valence-electron chi connectivity index (χ0n) is 45.7. The average Bonchev–Trinajstić information content (AvgIpc) is 3.12. The molecule has 0 spiro atoms. The van der Waals surface area contributed by atoms with E-state index >= 15 is 0 Å². The van der Waals surface area contributed by atoms with E-state index in [4.69, 9.17) is 30.1 Å². The summed E-state index contributed by atoms with van der Waals surface area (Å²) in [6, 6.07) is 36.9. The molecule has 23 heteroatoms. The smallest absolute Gasteiger partial charge is 0.854 e. The van der Waals surface area contributed by atoms with E-state index in [2.05, 4.69) is 26.1 Å². The fourth-order valence-electron chi connectivity index (χ4n) is 9.76. The number of aliphatic hydroxyl groups is 3. The minimum absolute atomic E-state index is 0. The van der Waals surface area contributed by atoms with Crippen LogP contribution < -0.4 is 24.0 Å². The van der Waals surface area contributed by atoms with Crippen LogP contribution in [0.15, 0.2) is 226 Å². The summed E-state index contributed by atoms with van der Waals surface area (Å²) in [5, 5.41) is 58.4. The molecule has 6 heterocycles. The SMILES string of the molecule is [N-]=C(C(=[C-]c1ccc(Cl)c(N2C=C(C(O)c3c(-c4cccc(C(F)(F)F)c4)noc3COc3ccccc3N3C=C(C(O)c4c(-c5ccc(OC(F)(F)F)cc5)noc4COc4ccccc4)C=CC3)C=CC2)c1)C(O)c1cccnc1)c1cccs1.[U+2]. The van der Waals surface area contributed by atoms with Gasteiger partial charge >= 0.3 is 43.7 Å². The third-order valence-corrected chi connectivity index (χ3v) is 15.1. The molecule has 0 bridgehead atoms. The van der Waals surface area contributed by atoms with E-state index in [0.29, 0.717) is 49.3 Å². The Morgan fingerprint density at radius 2 is 1.33 bits per heavy atom. The van der Waals surface area contributed by atoms with E-state index < -0.39 is 48.8 Å². The van der Waals surface area contributed by atoms with Crippen molar-refractivity contribution < 1.29 is 96.0 Å². The molecule has 4 aromatic heterocycles. The molecule has 9 aromatic rings. The zero-order chi connectivity index (χ0) is 60.8. The first-order valence-corrected chi connectivity index (χ1v) is 27.9. The van der Waals surface area contributed by atoms with Crippen molar-refractivity contribution in [3.63, 3.8) is 0 Å². The predicted molar refractivity (Wildman–Crippen MR) is 314 cm³/mol. The Morgan fingerprint density at radius 3 is 1.97 bits per heavy atom. The summed E-state index contributed by atoms with van der Waals surface area (Å²) in [5.41, 5.74) is 1.77. The van der Waals surface area contributed by atoms with Gasteiger partial charge in [-0.05, 0) is 77.0 Å². The van der Waals surface area contributed by atoms with Gasteiger partial charge in [0.2, 0.25) is 0 Å². The van der Waals surface area contributed by atoms with Gasteiger partial charge in [0.05, 0.1) is 28.5 Å². The summed E-state index contributed by atoms with van der Waals surface area (Å²) in [6.45, 7) is -0.0664. The molecule has 0 saturated heterocycles. The molecule has 11 rings (SSSR count).